The van der Waals surface area contributed by atoms with Gasteiger partial charge >= 0.3 is 0 Å². The first-order valence-corrected chi connectivity index (χ1v) is 8.24. The summed E-state index contributed by atoms with van der Waals surface area (Å²) in [6.07, 6.45) is 1.92. The van der Waals surface area contributed by atoms with E-state index in [0.717, 1.165) is 53.8 Å². The first-order valence-electron chi connectivity index (χ1n) is 7.49. The number of benzene rings is 2. The molecule has 0 atom stereocenters. The number of methoxy groups -OCH3 is 1. The van der Waals surface area contributed by atoms with Crippen molar-refractivity contribution in [2.24, 2.45) is 0 Å². The van der Waals surface area contributed by atoms with Crippen molar-refractivity contribution in [2.75, 3.05) is 20.2 Å². The summed E-state index contributed by atoms with van der Waals surface area (Å²) < 4.78 is 5.49. The number of nitrogens with zero attached hydrogens (tertiary/aromatic N) is 1. The fourth-order valence-electron chi connectivity index (χ4n) is 3.03. The van der Waals surface area contributed by atoms with E-state index in [1.807, 2.05) is 24.3 Å². The Morgan fingerprint density at radius 3 is 2.55 bits per heavy atom. The number of hydrogen-bond acceptors (Lipinski definition) is 2. The molecule has 0 radical (unpaired) electrons. The summed E-state index contributed by atoms with van der Waals surface area (Å²) in [6.45, 7) is 2.92. The van der Waals surface area contributed by atoms with E-state index in [1.165, 1.54) is 11.1 Å². The van der Waals surface area contributed by atoms with E-state index in [9.17, 15) is 0 Å². The van der Waals surface area contributed by atoms with Crippen LogP contribution in [0.5, 0.6) is 5.75 Å². The average Bonchev–Trinajstić information content (AvgIpc) is 2.53. The second-order valence-corrected chi connectivity index (χ2v) is 6.39. The van der Waals surface area contributed by atoms with E-state index in [4.69, 9.17) is 27.9 Å². The van der Waals surface area contributed by atoms with E-state index in [0.29, 0.717) is 0 Å². The van der Waals surface area contributed by atoms with Gasteiger partial charge in [-0.1, -0.05) is 41.4 Å². The first kappa shape index (κ1) is 15.7. The quantitative estimate of drug-likeness (QED) is 0.809. The van der Waals surface area contributed by atoms with Gasteiger partial charge in [0.25, 0.3) is 0 Å². The summed E-state index contributed by atoms with van der Waals surface area (Å²) in [4.78, 5) is 2.44. The summed E-state index contributed by atoms with van der Waals surface area (Å²) in [5, 5.41) is 1.50. The van der Waals surface area contributed by atoms with Gasteiger partial charge in [-0.25, -0.2) is 0 Å². The van der Waals surface area contributed by atoms with Crippen LogP contribution < -0.4 is 4.74 Å². The highest BCUT2D eigenvalue weighted by atomic mass is 35.5. The lowest BCUT2D eigenvalue weighted by Gasteiger charge is -2.30. The number of hydrogen-bond donors (Lipinski definition) is 0. The zero-order chi connectivity index (χ0) is 15.5. The Morgan fingerprint density at radius 1 is 1.09 bits per heavy atom. The average molecular weight is 336 g/mol. The Morgan fingerprint density at radius 2 is 1.82 bits per heavy atom. The van der Waals surface area contributed by atoms with E-state index >= 15 is 0 Å². The molecule has 0 saturated carbocycles. The lowest BCUT2D eigenvalue weighted by Crippen LogP contribution is -2.32. The monoisotopic (exact) mass is 335 g/mol. The van der Waals surface area contributed by atoms with Gasteiger partial charge in [-0.3, -0.25) is 4.90 Å². The minimum atomic E-state index is 0.752. The van der Waals surface area contributed by atoms with Crippen LogP contribution in [0.15, 0.2) is 36.4 Å². The van der Waals surface area contributed by atoms with Gasteiger partial charge in [0, 0.05) is 35.2 Å². The van der Waals surface area contributed by atoms with Crippen molar-refractivity contribution in [3.05, 3.63) is 63.1 Å². The van der Waals surface area contributed by atoms with Gasteiger partial charge in [0.1, 0.15) is 5.75 Å². The minimum Gasteiger partial charge on any atom is -0.496 e. The van der Waals surface area contributed by atoms with Gasteiger partial charge in [-0.2, -0.15) is 0 Å². The number of rotatable bonds is 4. The third kappa shape index (κ3) is 3.24. The van der Waals surface area contributed by atoms with Gasteiger partial charge < -0.3 is 4.74 Å². The molecule has 1 aliphatic heterocycles. The Balaban J connectivity index is 1.70. The molecule has 3 rings (SSSR count). The molecule has 0 aromatic heterocycles. The van der Waals surface area contributed by atoms with Crippen molar-refractivity contribution in [1.29, 1.82) is 0 Å². The Labute approximate surface area is 141 Å². The summed E-state index contributed by atoms with van der Waals surface area (Å²) in [7, 11) is 1.73. The van der Waals surface area contributed by atoms with Crippen LogP contribution in [-0.2, 0) is 19.4 Å². The van der Waals surface area contributed by atoms with Crippen molar-refractivity contribution in [3.8, 4) is 5.75 Å². The topological polar surface area (TPSA) is 12.5 Å². The number of halogens is 2. The van der Waals surface area contributed by atoms with E-state index in [-0.39, 0.29) is 0 Å². The maximum atomic E-state index is 6.25. The van der Waals surface area contributed by atoms with Gasteiger partial charge in [-0.05, 0) is 42.2 Å². The predicted molar refractivity (Wildman–Crippen MR) is 92.1 cm³/mol. The lowest BCUT2D eigenvalue weighted by molar-refractivity contribution is 0.251. The van der Waals surface area contributed by atoms with Gasteiger partial charge in [-0.15, -0.1) is 0 Å². The van der Waals surface area contributed by atoms with Crippen molar-refractivity contribution >= 4 is 23.2 Å². The molecule has 0 amide bonds. The lowest BCUT2D eigenvalue weighted by atomic mass is 9.98. The van der Waals surface area contributed by atoms with Crippen LogP contribution in [0.25, 0.3) is 0 Å². The van der Waals surface area contributed by atoms with Crippen LogP contribution in [0.4, 0.5) is 0 Å². The van der Waals surface area contributed by atoms with Crippen LogP contribution in [0, 0.1) is 0 Å². The normalized spacial score (nSPS) is 14.7. The molecule has 2 nitrogen and oxygen atoms in total. The zero-order valence-electron chi connectivity index (χ0n) is 12.6. The Kier molecular flexibility index (Phi) is 4.92. The molecule has 0 N–H and O–H groups in total. The Bertz CT molecular complexity index is 638. The highest BCUT2D eigenvalue weighted by Gasteiger charge is 2.19. The summed E-state index contributed by atoms with van der Waals surface area (Å²) >= 11 is 12.5. The van der Waals surface area contributed by atoms with E-state index in [1.54, 1.807) is 7.11 Å². The fraction of sp³-hybridized carbons (Fsp3) is 0.333. The molecule has 1 heterocycles. The van der Waals surface area contributed by atoms with Crippen molar-refractivity contribution in [2.45, 2.75) is 19.4 Å². The second-order valence-electron chi connectivity index (χ2n) is 5.57. The molecule has 0 saturated heterocycles. The molecule has 0 unspecified atom stereocenters. The first-order chi connectivity index (χ1) is 10.7. The van der Waals surface area contributed by atoms with Crippen LogP contribution in [0.2, 0.25) is 10.0 Å². The predicted octanol–water partition coefficient (Wildman–Crippen LogP) is 4.60. The summed E-state index contributed by atoms with van der Waals surface area (Å²) in [5.74, 6) is 0.984. The van der Waals surface area contributed by atoms with Crippen LogP contribution in [0.1, 0.15) is 16.7 Å². The molecule has 4 heteroatoms. The second kappa shape index (κ2) is 6.91. The molecule has 2 aromatic carbocycles. The van der Waals surface area contributed by atoms with Crippen molar-refractivity contribution < 1.29 is 4.74 Å². The Hall–Kier alpha value is -1.22. The molecular formula is C18H19Cl2NO. The summed E-state index contributed by atoms with van der Waals surface area (Å²) in [6, 6.07) is 12.0. The fourth-order valence-corrected chi connectivity index (χ4v) is 3.62. The largest absolute Gasteiger partial charge is 0.496 e. The van der Waals surface area contributed by atoms with Crippen LogP contribution >= 0.6 is 23.2 Å². The van der Waals surface area contributed by atoms with Gasteiger partial charge in [0.05, 0.1) is 7.11 Å². The summed E-state index contributed by atoms with van der Waals surface area (Å²) in [5.41, 5.74) is 3.74. The maximum Gasteiger partial charge on any atom is 0.123 e. The highest BCUT2D eigenvalue weighted by Crippen LogP contribution is 2.29. The zero-order valence-corrected chi connectivity index (χ0v) is 14.1. The molecule has 22 heavy (non-hydrogen) atoms. The molecular weight excluding hydrogens is 317 g/mol. The van der Waals surface area contributed by atoms with E-state index in [2.05, 4.69) is 17.0 Å². The highest BCUT2D eigenvalue weighted by molar-refractivity contribution is 6.35. The minimum absolute atomic E-state index is 0.752. The standard InChI is InChI=1S/C18H19Cl2NO/c1-22-18-7-2-4-13-8-10-21(12-15(13)18)11-9-14-16(19)5-3-6-17(14)20/h2-7H,8-12H2,1H3. The van der Waals surface area contributed by atoms with Gasteiger partial charge in [0.2, 0.25) is 0 Å². The van der Waals surface area contributed by atoms with Gasteiger partial charge in [0.15, 0.2) is 0 Å². The third-order valence-corrected chi connectivity index (χ3v) is 4.98. The van der Waals surface area contributed by atoms with Crippen LogP contribution in [0.3, 0.4) is 0 Å². The smallest absolute Gasteiger partial charge is 0.123 e. The third-order valence-electron chi connectivity index (χ3n) is 4.27. The van der Waals surface area contributed by atoms with Crippen molar-refractivity contribution in [3.63, 3.8) is 0 Å². The van der Waals surface area contributed by atoms with E-state index < -0.39 is 0 Å². The molecule has 0 fully saturated rings. The maximum absolute atomic E-state index is 6.25. The van der Waals surface area contributed by atoms with Crippen molar-refractivity contribution in [1.82, 2.24) is 4.90 Å². The molecule has 1 aliphatic rings. The number of ether oxygens (including phenoxy) is 1. The molecule has 0 spiro atoms. The van der Waals surface area contributed by atoms with Crippen LogP contribution in [-0.4, -0.2) is 25.1 Å². The molecule has 0 aliphatic carbocycles. The molecule has 2 aromatic rings. The number of fused-ring (bicyclic) bond motifs is 1. The molecule has 116 valence electrons. The molecule has 0 bridgehead atoms. The SMILES string of the molecule is COc1cccc2c1CN(CCc1c(Cl)cccc1Cl)CC2.